The molecule has 6 aliphatic carbocycles. The van der Waals surface area contributed by atoms with Crippen molar-refractivity contribution in [2.45, 2.75) is 227 Å². The lowest BCUT2D eigenvalue weighted by molar-refractivity contribution is -0.0593. The summed E-state index contributed by atoms with van der Waals surface area (Å²) in [6.45, 7) is 26.6. The SMILES string of the molecule is CC(C)CCC[C@@H](C)[C@H]1CC[C@H]2[C@@H]3CC=C4C[C@@H](OC(=O)N(CCCCNCCC5(NC(=O)OC(C)(C)C)CC5)CCC5(NC(=O)OC(C)(C)C)CC5)CC[C@]4(C)[C@H]3CC[C@]12C. The third-order valence-electron chi connectivity index (χ3n) is 16.7. The average Bonchev–Trinajstić information content (AvgIpc) is 4.07. The highest BCUT2D eigenvalue weighted by Gasteiger charge is 2.59. The fraction of sp³-hybridized carbons (Fsp3) is 0.904. The molecule has 3 N–H and O–H groups in total. The average molecular weight is 867 g/mol. The van der Waals surface area contributed by atoms with E-state index in [2.05, 4.69) is 56.6 Å². The lowest BCUT2D eigenvalue weighted by Crippen LogP contribution is -2.51. The van der Waals surface area contributed by atoms with E-state index in [0.29, 0.717) is 24.9 Å². The van der Waals surface area contributed by atoms with Crippen LogP contribution in [0.15, 0.2) is 11.6 Å². The molecule has 0 unspecified atom stereocenters. The number of ether oxygens (including phenoxy) is 3. The van der Waals surface area contributed by atoms with Crippen molar-refractivity contribution in [1.29, 1.82) is 0 Å². The van der Waals surface area contributed by atoms with Crippen LogP contribution in [0.5, 0.6) is 0 Å². The van der Waals surface area contributed by atoms with E-state index >= 15 is 0 Å². The molecular weight excluding hydrogens is 777 g/mol. The maximum Gasteiger partial charge on any atom is 0.410 e. The first-order valence-corrected chi connectivity index (χ1v) is 25.4. The molecule has 10 nitrogen and oxygen atoms in total. The molecular formula is C52H90N4O6. The van der Waals surface area contributed by atoms with Gasteiger partial charge in [-0.3, -0.25) is 0 Å². The molecule has 0 spiro atoms. The van der Waals surface area contributed by atoms with Gasteiger partial charge in [0.25, 0.3) is 0 Å². The van der Waals surface area contributed by atoms with Crippen LogP contribution in [0.4, 0.5) is 14.4 Å². The van der Waals surface area contributed by atoms with Gasteiger partial charge >= 0.3 is 18.3 Å². The summed E-state index contributed by atoms with van der Waals surface area (Å²) in [5, 5.41) is 9.79. The van der Waals surface area contributed by atoms with Crippen molar-refractivity contribution in [3.05, 3.63) is 11.6 Å². The molecule has 0 radical (unpaired) electrons. The third kappa shape index (κ3) is 12.6. The Hall–Kier alpha value is -2.49. The number of nitrogens with one attached hydrogen (secondary N) is 3. The van der Waals surface area contributed by atoms with Gasteiger partial charge in [0.05, 0.1) is 0 Å². The first-order chi connectivity index (χ1) is 29.0. The summed E-state index contributed by atoms with van der Waals surface area (Å²) in [6, 6.07) is 0. The lowest BCUT2D eigenvalue weighted by Gasteiger charge is -2.58. The minimum absolute atomic E-state index is 0.0993. The number of rotatable bonds is 19. The van der Waals surface area contributed by atoms with Crippen LogP contribution in [0.3, 0.4) is 0 Å². The number of unbranched alkanes of at least 4 members (excludes halogenated alkanes) is 1. The maximum absolute atomic E-state index is 14.1. The molecule has 6 rings (SSSR count). The van der Waals surface area contributed by atoms with Crippen molar-refractivity contribution in [1.82, 2.24) is 20.9 Å². The second-order valence-corrected chi connectivity index (χ2v) is 24.3. The lowest BCUT2D eigenvalue weighted by atomic mass is 9.47. The molecule has 5 fully saturated rings. The normalized spacial score (nSPS) is 31.1. The summed E-state index contributed by atoms with van der Waals surface area (Å²) < 4.78 is 17.5. The largest absolute Gasteiger partial charge is 0.446 e. The van der Waals surface area contributed by atoms with Crippen molar-refractivity contribution >= 4 is 18.3 Å². The number of carbonyl (C=O) groups excluding carboxylic acids is 3. The van der Waals surface area contributed by atoms with Crippen LogP contribution in [0.2, 0.25) is 0 Å². The Kier molecular flexibility index (Phi) is 15.4. The molecule has 10 heteroatoms. The van der Waals surface area contributed by atoms with Crippen LogP contribution in [0.1, 0.15) is 198 Å². The first-order valence-electron chi connectivity index (χ1n) is 25.4. The summed E-state index contributed by atoms with van der Waals surface area (Å²) in [7, 11) is 0. The number of carbonyl (C=O) groups is 3. The number of hydrogen-bond acceptors (Lipinski definition) is 7. The van der Waals surface area contributed by atoms with E-state index in [0.717, 1.165) is 113 Å². The molecule has 6 aliphatic rings. The van der Waals surface area contributed by atoms with Gasteiger partial charge in [-0.15, -0.1) is 0 Å². The van der Waals surface area contributed by atoms with E-state index < -0.39 is 11.2 Å². The molecule has 3 amide bonds. The third-order valence-corrected chi connectivity index (χ3v) is 16.7. The summed E-state index contributed by atoms with van der Waals surface area (Å²) in [6.07, 6.45) is 22.3. The fourth-order valence-electron chi connectivity index (χ4n) is 12.8. The first kappa shape index (κ1) is 49.0. The van der Waals surface area contributed by atoms with Gasteiger partial charge in [-0.1, -0.05) is 65.5 Å². The van der Waals surface area contributed by atoms with E-state index in [9.17, 15) is 14.4 Å². The monoisotopic (exact) mass is 867 g/mol. The molecule has 5 saturated carbocycles. The molecule has 62 heavy (non-hydrogen) atoms. The molecule has 0 bridgehead atoms. The van der Waals surface area contributed by atoms with Crippen LogP contribution in [-0.4, -0.2) is 77.7 Å². The Labute approximate surface area is 377 Å². The molecule has 354 valence electrons. The van der Waals surface area contributed by atoms with Gasteiger partial charge in [0.2, 0.25) is 0 Å². The van der Waals surface area contributed by atoms with Crippen LogP contribution >= 0.6 is 0 Å². The van der Waals surface area contributed by atoms with Crippen LogP contribution in [0, 0.1) is 46.3 Å². The van der Waals surface area contributed by atoms with Crippen molar-refractivity contribution in [2.75, 3.05) is 26.2 Å². The Balaban J connectivity index is 1.01. The summed E-state index contributed by atoms with van der Waals surface area (Å²) in [5.74, 6) is 4.85. The Morgan fingerprint density at radius 2 is 1.39 bits per heavy atom. The minimum Gasteiger partial charge on any atom is -0.446 e. The zero-order chi connectivity index (χ0) is 45.1. The number of nitrogens with zero attached hydrogens (tertiary/aromatic N) is 1. The number of hydrogen-bond donors (Lipinski definition) is 3. The highest BCUT2D eigenvalue weighted by Crippen LogP contribution is 2.67. The van der Waals surface area contributed by atoms with Gasteiger partial charge in [-0.05, 0) is 197 Å². The highest BCUT2D eigenvalue weighted by atomic mass is 16.6. The van der Waals surface area contributed by atoms with Crippen molar-refractivity contribution in [2.24, 2.45) is 46.3 Å². The number of alkyl carbamates (subject to hydrolysis) is 2. The van der Waals surface area contributed by atoms with Crippen LogP contribution in [-0.2, 0) is 14.2 Å². The second kappa shape index (κ2) is 19.5. The van der Waals surface area contributed by atoms with Crippen molar-refractivity contribution in [3.63, 3.8) is 0 Å². The number of allylic oxidation sites excluding steroid dienone is 1. The predicted octanol–water partition coefficient (Wildman–Crippen LogP) is 12.1. The van der Waals surface area contributed by atoms with Crippen molar-refractivity contribution in [3.8, 4) is 0 Å². The number of amides is 3. The minimum atomic E-state index is -0.564. The van der Waals surface area contributed by atoms with Gasteiger partial charge in [0.1, 0.15) is 17.3 Å². The van der Waals surface area contributed by atoms with Gasteiger partial charge < -0.3 is 35.1 Å². The van der Waals surface area contributed by atoms with E-state index in [1.54, 1.807) is 5.57 Å². The van der Waals surface area contributed by atoms with Gasteiger partial charge in [0, 0.05) is 30.6 Å². The zero-order valence-corrected chi connectivity index (χ0v) is 41.3. The van der Waals surface area contributed by atoms with E-state index in [1.807, 2.05) is 46.4 Å². The Morgan fingerprint density at radius 1 is 0.742 bits per heavy atom. The van der Waals surface area contributed by atoms with E-state index in [4.69, 9.17) is 14.2 Å². The van der Waals surface area contributed by atoms with Gasteiger partial charge in [-0.25, -0.2) is 14.4 Å². The molecule has 0 aliphatic heterocycles. The fourth-order valence-corrected chi connectivity index (χ4v) is 12.8. The van der Waals surface area contributed by atoms with Crippen molar-refractivity contribution < 1.29 is 28.6 Å². The molecule has 0 aromatic carbocycles. The Morgan fingerprint density at radius 3 is 2.00 bits per heavy atom. The summed E-state index contributed by atoms with van der Waals surface area (Å²) in [5.41, 5.74) is 0.678. The molecule has 0 aromatic heterocycles. The molecule has 0 saturated heterocycles. The standard InChI is InChI=1S/C52H90N4O6/c1-36(2)15-14-16-37(3)41-19-20-42-40-18-17-38-35-39(21-23-49(38,10)43(40)22-24-50(41,42)11)60-46(59)56(34-30-52(27-28-52)55-45(58)62-48(7,8)9)33-13-12-31-53-32-29-51(25-26-51)54-44(57)61-47(4,5)6/h17,36-37,39-43,53H,12-16,18-35H2,1-11H3,(H,54,57)(H,55,58)/t37-,39+,40+,41-,42+,43+,49+,50-/m1/s1. The topological polar surface area (TPSA) is 118 Å². The number of fused-ring (bicyclic) bond motifs is 5. The molecule has 0 heterocycles. The van der Waals surface area contributed by atoms with Gasteiger partial charge in [0.15, 0.2) is 0 Å². The molecule has 0 aromatic rings. The Bertz CT molecular complexity index is 1570. The molecule has 8 atom stereocenters. The van der Waals surface area contributed by atoms with E-state index in [-0.39, 0.29) is 40.9 Å². The maximum atomic E-state index is 14.1. The van der Waals surface area contributed by atoms with Crippen LogP contribution < -0.4 is 16.0 Å². The summed E-state index contributed by atoms with van der Waals surface area (Å²) >= 11 is 0. The van der Waals surface area contributed by atoms with E-state index in [1.165, 1.54) is 51.4 Å². The second-order valence-electron chi connectivity index (χ2n) is 24.3. The van der Waals surface area contributed by atoms with Crippen LogP contribution in [0.25, 0.3) is 0 Å². The van der Waals surface area contributed by atoms with Gasteiger partial charge in [-0.2, -0.15) is 0 Å². The quantitative estimate of drug-likeness (QED) is 0.0672. The predicted molar refractivity (Wildman–Crippen MR) is 249 cm³/mol. The smallest absolute Gasteiger partial charge is 0.410 e. The zero-order valence-electron chi connectivity index (χ0n) is 41.3. The summed E-state index contributed by atoms with van der Waals surface area (Å²) in [4.78, 5) is 41.2. The highest BCUT2D eigenvalue weighted by molar-refractivity contribution is 5.70.